The summed E-state index contributed by atoms with van der Waals surface area (Å²) >= 11 is 0. The van der Waals surface area contributed by atoms with Gasteiger partial charge in [0, 0.05) is 35.6 Å². The fourth-order valence-electron chi connectivity index (χ4n) is 4.09. The summed E-state index contributed by atoms with van der Waals surface area (Å²) in [5.74, 6) is 5.54. The van der Waals surface area contributed by atoms with E-state index in [1.807, 2.05) is 25.9 Å². The lowest BCUT2D eigenvalue weighted by atomic mass is 9.97. The molecule has 1 amide bonds. The molecule has 11 heteroatoms. The molecule has 0 bridgehead atoms. The number of hydrogen-bond acceptors (Lipinski definition) is 6. The standard InChI is InChI=1S/C30H27F3N6O2/c1-19-4-5-22(13-21(19)6-7-24-16-37-25(17-36-24)15-28(34)41)27(40)12-20-10-23(30(31,32)33)14-26(11-20)39-9-8-35-29(39)18-38(2)3/h4-5,8-11,13-14,16-17H,12,15,18H2,1-3H3,(H2,34,41). The monoisotopic (exact) mass is 560 g/mol. The lowest BCUT2D eigenvalue weighted by molar-refractivity contribution is -0.137. The molecule has 0 radical (unpaired) electrons. The number of halogens is 3. The Hall–Kier alpha value is -4.82. The molecule has 0 saturated carbocycles. The van der Waals surface area contributed by atoms with Crippen molar-refractivity contribution in [3.05, 3.63) is 106 Å². The molecule has 0 fully saturated rings. The average molecular weight is 561 g/mol. The van der Waals surface area contributed by atoms with Crippen LogP contribution in [0.3, 0.4) is 0 Å². The van der Waals surface area contributed by atoms with Crippen LogP contribution < -0.4 is 5.73 Å². The topological polar surface area (TPSA) is 107 Å². The zero-order valence-corrected chi connectivity index (χ0v) is 22.7. The molecule has 4 aromatic rings. The van der Waals surface area contributed by atoms with Gasteiger partial charge in [-0.3, -0.25) is 14.6 Å². The number of carbonyl (C=O) groups excluding carboxylic acids is 2. The number of Topliss-reactive ketones (excluding diaryl/α,β-unsaturated/α-hetero) is 1. The highest BCUT2D eigenvalue weighted by molar-refractivity contribution is 5.98. The van der Waals surface area contributed by atoms with Gasteiger partial charge < -0.3 is 15.2 Å². The number of alkyl halides is 3. The second kappa shape index (κ2) is 12.1. The molecule has 2 heterocycles. The zero-order valence-electron chi connectivity index (χ0n) is 22.7. The molecule has 0 aliphatic rings. The number of primary amides is 1. The fraction of sp³-hybridized carbons (Fsp3) is 0.233. The normalized spacial score (nSPS) is 11.3. The molecule has 0 saturated heterocycles. The van der Waals surface area contributed by atoms with E-state index < -0.39 is 17.6 Å². The van der Waals surface area contributed by atoms with Crippen molar-refractivity contribution in [3.8, 4) is 17.5 Å². The zero-order chi connectivity index (χ0) is 29.7. The number of hydrogen-bond donors (Lipinski definition) is 1. The summed E-state index contributed by atoms with van der Waals surface area (Å²) in [6, 6.07) is 8.59. The van der Waals surface area contributed by atoms with E-state index in [4.69, 9.17) is 5.73 Å². The Kier molecular flexibility index (Phi) is 8.64. The van der Waals surface area contributed by atoms with Gasteiger partial charge in [-0.15, -0.1) is 0 Å². The van der Waals surface area contributed by atoms with Crippen LogP contribution >= 0.6 is 0 Å². The van der Waals surface area contributed by atoms with Crippen molar-refractivity contribution >= 4 is 11.7 Å². The number of carbonyl (C=O) groups is 2. The first-order chi connectivity index (χ1) is 19.4. The van der Waals surface area contributed by atoms with E-state index in [0.29, 0.717) is 34.9 Å². The number of aromatic nitrogens is 4. The van der Waals surface area contributed by atoms with E-state index >= 15 is 0 Å². The summed E-state index contributed by atoms with van der Waals surface area (Å²) in [4.78, 5) is 38.7. The summed E-state index contributed by atoms with van der Waals surface area (Å²) in [5.41, 5.74) is 7.29. The van der Waals surface area contributed by atoms with Gasteiger partial charge in [-0.05, 0) is 62.3 Å². The highest BCUT2D eigenvalue weighted by atomic mass is 19.4. The molecule has 0 aliphatic carbocycles. The third-order valence-corrected chi connectivity index (χ3v) is 6.07. The van der Waals surface area contributed by atoms with E-state index in [1.54, 1.807) is 35.0 Å². The Bertz CT molecular complexity index is 1650. The maximum atomic E-state index is 13.8. The molecule has 4 rings (SSSR count). The maximum absolute atomic E-state index is 13.8. The smallest absolute Gasteiger partial charge is 0.369 e. The van der Waals surface area contributed by atoms with Gasteiger partial charge in [0.15, 0.2) is 5.78 Å². The van der Waals surface area contributed by atoms with Crippen molar-refractivity contribution in [1.29, 1.82) is 0 Å². The molecule has 41 heavy (non-hydrogen) atoms. The van der Waals surface area contributed by atoms with E-state index in [1.165, 1.54) is 18.6 Å². The number of rotatable bonds is 8. The minimum atomic E-state index is -4.59. The largest absolute Gasteiger partial charge is 0.416 e. The van der Waals surface area contributed by atoms with E-state index in [0.717, 1.165) is 17.7 Å². The Labute approximate surface area is 235 Å². The van der Waals surface area contributed by atoms with Gasteiger partial charge in [0.25, 0.3) is 0 Å². The van der Waals surface area contributed by atoms with E-state index in [-0.39, 0.29) is 29.9 Å². The molecule has 0 aliphatic heterocycles. The second-order valence-corrected chi connectivity index (χ2v) is 9.75. The summed E-state index contributed by atoms with van der Waals surface area (Å²) < 4.78 is 43.0. The molecule has 2 aromatic carbocycles. The van der Waals surface area contributed by atoms with Crippen LogP contribution in [-0.4, -0.2) is 50.2 Å². The van der Waals surface area contributed by atoms with Crippen molar-refractivity contribution < 1.29 is 22.8 Å². The summed E-state index contributed by atoms with van der Waals surface area (Å²) in [5, 5.41) is 0. The molecular weight excluding hydrogens is 533 g/mol. The quantitative estimate of drug-likeness (QED) is 0.259. The number of nitrogens with two attached hydrogens (primary N) is 1. The van der Waals surface area contributed by atoms with Crippen LogP contribution in [0, 0.1) is 18.8 Å². The average Bonchev–Trinajstić information content (AvgIpc) is 3.35. The first-order valence-electron chi connectivity index (χ1n) is 12.5. The number of amides is 1. The van der Waals surface area contributed by atoms with Gasteiger partial charge in [-0.1, -0.05) is 18.1 Å². The van der Waals surface area contributed by atoms with Gasteiger partial charge >= 0.3 is 6.18 Å². The molecule has 0 atom stereocenters. The van der Waals surface area contributed by atoms with Crippen molar-refractivity contribution in [2.45, 2.75) is 32.5 Å². The third kappa shape index (κ3) is 7.64. The van der Waals surface area contributed by atoms with Crippen LogP contribution in [0.2, 0.25) is 0 Å². The SMILES string of the molecule is Cc1ccc(C(=O)Cc2cc(-n3ccnc3CN(C)C)cc(C(F)(F)F)c2)cc1C#Cc1cnc(CC(N)=O)cn1. The number of benzene rings is 2. The fourth-order valence-corrected chi connectivity index (χ4v) is 4.09. The Balaban J connectivity index is 1.61. The molecule has 0 spiro atoms. The van der Waals surface area contributed by atoms with Crippen LogP contribution in [0.25, 0.3) is 5.69 Å². The Morgan fingerprint density at radius 3 is 2.44 bits per heavy atom. The summed E-state index contributed by atoms with van der Waals surface area (Å²) in [6.07, 6.45) is 1.10. The number of imidazole rings is 1. The molecular formula is C30H27F3N6O2. The highest BCUT2D eigenvalue weighted by Crippen LogP contribution is 2.32. The van der Waals surface area contributed by atoms with E-state index in [9.17, 15) is 22.8 Å². The van der Waals surface area contributed by atoms with Gasteiger partial charge in [0.2, 0.25) is 5.91 Å². The predicted octanol–water partition coefficient (Wildman–Crippen LogP) is 3.90. The summed E-state index contributed by atoms with van der Waals surface area (Å²) in [6.45, 7) is 2.25. The summed E-state index contributed by atoms with van der Waals surface area (Å²) in [7, 11) is 3.68. The molecule has 0 unspecified atom stereocenters. The maximum Gasteiger partial charge on any atom is 0.416 e. The lowest BCUT2D eigenvalue weighted by Gasteiger charge is -2.16. The molecule has 210 valence electrons. The third-order valence-electron chi connectivity index (χ3n) is 6.07. The number of aryl methyl sites for hydroxylation is 1. The van der Waals surface area contributed by atoms with Crippen molar-refractivity contribution in [2.24, 2.45) is 5.73 Å². The van der Waals surface area contributed by atoms with E-state index in [2.05, 4.69) is 26.8 Å². The van der Waals surface area contributed by atoms with Gasteiger partial charge in [0.1, 0.15) is 11.5 Å². The minimum absolute atomic E-state index is 0.0308. The number of nitrogens with zero attached hydrogens (tertiary/aromatic N) is 5. The first-order valence-corrected chi connectivity index (χ1v) is 12.5. The predicted molar refractivity (Wildman–Crippen MR) is 146 cm³/mol. The van der Waals surface area contributed by atoms with Crippen LogP contribution in [0.4, 0.5) is 13.2 Å². The number of ketones is 1. The second-order valence-electron chi connectivity index (χ2n) is 9.75. The molecule has 2 N–H and O–H groups in total. The lowest BCUT2D eigenvalue weighted by Crippen LogP contribution is -2.16. The first kappa shape index (κ1) is 29.2. The van der Waals surface area contributed by atoms with Crippen molar-refractivity contribution in [3.63, 3.8) is 0 Å². The minimum Gasteiger partial charge on any atom is -0.369 e. The highest BCUT2D eigenvalue weighted by Gasteiger charge is 2.31. The Morgan fingerprint density at radius 2 is 1.78 bits per heavy atom. The van der Waals surface area contributed by atoms with Gasteiger partial charge in [-0.25, -0.2) is 9.97 Å². The van der Waals surface area contributed by atoms with Crippen LogP contribution in [0.5, 0.6) is 0 Å². The van der Waals surface area contributed by atoms with Crippen LogP contribution in [0.15, 0.2) is 61.2 Å². The van der Waals surface area contributed by atoms with Crippen molar-refractivity contribution in [2.75, 3.05) is 14.1 Å². The van der Waals surface area contributed by atoms with Gasteiger partial charge in [-0.2, -0.15) is 13.2 Å². The van der Waals surface area contributed by atoms with Gasteiger partial charge in [0.05, 0.1) is 36.6 Å². The Morgan fingerprint density at radius 1 is 1.00 bits per heavy atom. The van der Waals surface area contributed by atoms with Crippen LogP contribution in [0.1, 0.15) is 49.8 Å². The van der Waals surface area contributed by atoms with Crippen LogP contribution in [-0.2, 0) is 30.4 Å². The van der Waals surface area contributed by atoms with Crippen molar-refractivity contribution in [1.82, 2.24) is 24.4 Å². The molecule has 8 nitrogen and oxygen atoms in total. The molecule has 2 aromatic heterocycles.